The Kier molecular flexibility index (Phi) is 8.11. The maximum atomic E-state index is 11.9. The van der Waals surface area contributed by atoms with E-state index in [1.807, 2.05) is 50.1 Å². The second-order valence-corrected chi connectivity index (χ2v) is 9.91. The van der Waals surface area contributed by atoms with Gasteiger partial charge in [-0.3, -0.25) is 0 Å². The molecule has 0 heterocycles. The summed E-state index contributed by atoms with van der Waals surface area (Å²) in [7, 11) is 3.42. The molecule has 4 aromatic carbocycles. The molecule has 0 atom stereocenters. The molecule has 0 spiro atoms. The first kappa shape index (κ1) is 26.3. The van der Waals surface area contributed by atoms with Crippen molar-refractivity contribution in [1.82, 2.24) is 0 Å². The molecule has 0 N–H and O–H groups in total. The van der Waals surface area contributed by atoms with Crippen LogP contribution >= 0.6 is 0 Å². The molecule has 0 saturated carbocycles. The number of hydrogen-bond donors (Lipinski definition) is 0. The molecular formula is C27H27N2NaO3S. The van der Waals surface area contributed by atoms with Crippen molar-refractivity contribution in [1.29, 1.82) is 0 Å². The molecule has 0 unspecified atom stereocenters. The minimum Gasteiger partial charge on any atom is -0.744 e. The van der Waals surface area contributed by atoms with E-state index in [-0.39, 0.29) is 40.4 Å². The quantitative estimate of drug-likeness (QED) is 0.239. The summed E-state index contributed by atoms with van der Waals surface area (Å²) in [5.41, 5.74) is 5.31. The van der Waals surface area contributed by atoms with Crippen molar-refractivity contribution in [3.8, 4) is 0 Å². The summed E-state index contributed by atoms with van der Waals surface area (Å²) < 4.78 is 35.7. The second-order valence-electron chi connectivity index (χ2n) is 8.56. The van der Waals surface area contributed by atoms with Crippen LogP contribution in [0.2, 0.25) is 0 Å². The molecule has 0 aliphatic rings. The first-order valence-corrected chi connectivity index (χ1v) is 12.1. The number of benzene rings is 4. The van der Waals surface area contributed by atoms with Crippen LogP contribution in [0.25, 0.3) is 10.8 Å². The number of fused-ring (bicyclic) bond motifs is 1. The largest absolute Gasteiger partial charge is 1.00 e. The molecule has 0 aromatic heterocycles. The van der Waals surface area contributed by atoms with Gasteiger partial charge in [0.25, 0.3) is 0 Å². The minimum absolute atomic E-state index is 0. The van der Waals surface area contributed by atoms with E-state index in [0.29, 0.717) is 5.39 Å². The third kappa shape index (κ3) is 5.32. The SMILES string of the molecule is CN(C)c1ccc(C(c2ccc(N(C)C)cc2)c2ccc(S(=O)(=O)[O-])c3ccccc23)cc1.[Na+]. The maximum absolute atomic E-state index is 11.9. The molecule has 34 heavy (non-hydrogen) atoms. The predicted octanol–water partition coefficient (Wildman–Crippen LogP) is 2.06. The Labute approximate surface area is 224 Å². The van der Waals surface area contributed by atoms with Gasteiger partial charge in [-0.25, -0.2) is 8.42 Å². The molecule has 0 saturated heterocycles. The van der Waals surface area contributed by atoms with Gasteiger partial charge in [-0.1, -0.05) is 54.6 Å². The van der Waals surface area contributed by atoms with E-state index in [1.165, 1.54) is 6.07 Å². The van der Waals surface area contributed by atoms with Crippen LogP contribution in [0.5, 0.6) is 0 Å². The molecule has 5 nitrogen and oxygen atoms in total. The second kappa shape index (κ2) is 10.5. The fourth-order valence-corrected chi connectivity index (χ4v) is 4.93. The standard InChI is InChI=1S/C27H28N2O3S.Na/c1-28(2)21-13-9-19(10-14-21)27(20-11-15-22(16-12-20)29(3)4)25-17-18-26(33(30,31)32)24-8-6-5-7-23(24)25;/h5-18,27H,1-4H3,(H,30,31,32);/q;+1/p-1. The molecule has 0 fully saturated rings. The van der Waals surface area contributed by atoms with E-state index in [0.717, 1.165) is 33.5 Å². The van der Waals surface area contributed by atoms with E-state index >= 15 is 0 Å². The molecule has 0 radical (unpaired) electrons. The summed E-state index contributed by atoms with van der Waals surface area (Å²) in [6, 6.07) is 27.2. The zero-order valence-electron chi connectivity index (χ0n) is 20.2. The fraction of sp³-hybridized carbons (Fsp3) is 0.185. The van der Waals surface area contributed by atoms with Gasteiger partial charge in [0.2, 0.25) is 0 Å². The van der Waals surface area contributed by atoms with Gasteiger partial charge in [-0.2, -0.15) is 0 Å². The van der Waals surface area contributed by atoms with Gasteiger partial charge < -0.3 is 14.4 Å². The van der Waals surface area contributed by atoms with E-state index in [2.05, 4.69) is 48.5 Å². The van der Waals surface area contributed by atoms with Crippen LogP contribution in [-0.2, 0) is 10.1 Å². The van der Waals surface area contributed by atoms with Crippen LogP contribution in [0, 0.1) is 0 Å². The Bertz CT molecular complexity index is 1330. The van der Waals surface area contributed by atoms with Crippen LogP contribution in [0.3, 0.4) is 0 Å². The van der Waals surface area contributed by atoms with Gasteiger partial charge in [0, 0.05) is 45.5 Å². The molecular weight excluding hydrogens is 455 g/mol. The first-order chi connectivity index (χ1) is 15.7. The number of hydrogen-bond acceptors (Lipinski definition) is 5. The van der Waals surface area contributed by atoms with Crippen molar-refractivity contribution in [2.45, 2.75) is 10.8 Å². The van der Waals surface area contributed by atoms with Crippen LogP contribution in [0.15, 0.2) is 89.8 Å². The molecule has 0 aliphatic carbocycles. The van der Waals surface area contributed by atoms with Crippen molar-refractivity contribution < 1.29 is 42.5 Å². The molecule has 0 aliphatic heterocycles. The summed E-state index contributed by atoms with van der Waals surface area (Å²) in [6.07, 6.45) is 0. The Morgan fingerprint density at radius 2 is 1.09 bits per heavy atom. The van der Waals surface area contributed by atoms with Crippen molar-refractivity contribution in [2.24, 2.45) is 0 Å². The van der Waals surface area contributed by atoms with Gasteiger partial charge in [0.05, 0.1) is 4.90 Å². The number of anilines is 2. The monoisotopic (exact) mass is 482 g/mol. The van der Waals surface area contributed by atoms with Gasteiger partial charge in [-0.15, -0.1) is 0 Å². The van der Waals surface area contributed by atoms with Crippen LogP contribution < -0.4 is 39.4 Å². The smallest absolute Gasteiger partial charge is 0.744 e. The third-order valence-electron chi connectivity index (χ3n) is 5.98. The van der Waals surface area contributed by atoms with Crippen LogP contribution in [0.4, 0.5) is 11.4 Å². The Morgan fingerprint density at radius 1 is 0.647 bits per heavy atom. The normalized spacial score (nSPS) is 11.4. The minimum atomic E-state index is -4.59. The number of nitrogens with zero attached hydrogens (tertiary/aromatic N) is 2. The van der Waals surface area contributed by atoms with Crippen LogP contribution in [-0.4, -0.2) is 41.2 Å². The fourth-order valence-electron chi connectivity index (χ4n) is 4.25. The Balaban J connectivity index is 0.00000324. The summed E-state index contributed by atoms with van der Waals surface area (Å²) in [5.74, 6) is -0.134. The molecule has 0 amide bonds. The van der Waals surface area contributed by atoms with Gasteiger partial charge in [-0.05, 0) is 57.8 Å². The van der Waals surface area contributed by atoms with Gasteiger partial charge in [0.1, 0.15) is 10.1 Å². The van der Waals surface area contributed by atoms with Gasteiger partial charge >= 0.3 is 29.6 Å². The van der Waals surface area contributed by atoms with E-state index in [9.17, 15) is 13.0 Å². The molecule has 7 heteroatoms. The first-order valence-electron chi connectivity index (χ1n) is 10.7. The Morgan fingerprint density at radius 3 is 1.50 bits per heavy atom. The maximum Gasteiger partial charge on any atom is 1.00 e. The topological polar surface area (TPSA) is 63.7 Å². The average Bonchev–Trinajstić information content (AvgIpc) is 2.79. The van der Waals surface area contributed by atoms with E-state index < -0.39 is 10.1 Å². The summed E-state index contributed by atoms with van der Waals surface area (Å²) in [4.78, 5) is 3.91. The molecule has 4 rings (SSSR count). The van der Waals surface area contributed by atoms with Crippen molar-refractivity contribution in [2.75, 3.05) is 38.0 Å². The average molecular weight is 483 g/mol. The summed E-state index contributed by atoms with van der Waals surface area (Å²) >= 11 is 0. The molecule has 0 bridgehead atoms. The molecule has 4 aromatic rings. The predicted molar refractivity (Wildman–Crippen MR) is 134 cm³/mol. The van der Waals surface area contributed by atoms with E-state index in [4.69, 9.17) is 0 Å². The zero-order valence-corrected chi connectivity index (χ0v) is 23.0. The van der Waals surface area contributed by atoms with E-state index in [1.54, 1.807) is 18.2 Å². The van der Waals surface area contributed by atoms with Gasteiger partial charge in [0.15, 0.2) is 0 Å². The number of rotatable bonds is 6. The zero-order chi connectivity index (χ0) is 23.8. The van der Waals surface area contributed by atoms with Crippen molar-refractivity contribution in [3.05, 3.63) is 102 Å². The van der Waals surface area contributed by atoms with Crippen LogP contribution in [0.1, 0.15) is 22.6 Å². The third-order valence-corrected chi connectivity index (χ3v) is 6.88. The molecule has 170 valence electrons. The van der Waals surface area contributed by atoms with Crippen molar-refractivity contribution in [3.63, 3.8) is 0 Å². The summed E-state index contributed by atoms with van der Waals surface area (Å²) in [5, 5.41) is 1.21. The van der Waals surface area contributed by atoms with Crippen molar-refractivity contribution >= 4 is 32.3 Å². The summed E-state index contributed by atoms with van der Waals surface area (Å²) in [6.45, 7) is 0. The Hall–Kier alpha value is -2.35.